The molecule has 2 aromatic rings. The Kier molecular flexibility index (Phi) is 7.50. The summed E-state index contributed by atoms with van der Waals surface area (Å²) in [5.41, 5.74) is 7.14. The molecule has 0 spiro atoms. The fourth-order valence-corrected chi connectivity index (χ4v) is 3.68. The molecule has 0 bridgehead atoms. The minimum atomic E-state index is 0.985. The van der Waals surface area contributed by atoms with Gasteiger partial charge in [0.25, 0.3) is 0 Å². The highest BCUT2D eigenvalue weighted by atomic mass is 16.5. The maximum absolute atomic E-state index is 5.78. The van der Waals surface area contributed by atoms with Crippen LogP contribution >= 0.6 is 0 Å². The van der Waals surface area contributed by atoms with Gasteiger partial charge in [0.1, 0.15) is 5.75 Å². The van der Waals surface area contributed by atoms with Crippen molar-refractivity contribution >= 4 is 10.8 Å². The van der Waals surface area contributed by atoms with E-state index in [1.165, 1.54) is 38.6 Å². The monoisotopic (exact) mass is 350 g/mol. The maximum atomic E-state index is 5.78. The summed E-state index contributed by atoms with van der Waals surface area (Å²) in [4.78, 5) is 0. The van der Waals surface area contributed by atoms with E-state index in [2.05, 4.69) is 71.0 Å². The SMILES string of the molecule is CCC(C)=CCCC(C)=CCc1c(C)c(OC)c2ccccc2c1CC. The predicted molar refractivity (Wildman–Crippen MR) is 115 cm³/mol. The standard InChI is InChI=1S/C25H34O/c1-7-18(3)12-11-13-19(4)16-17-22-20(5)25(26-6)24-15-10-9-14-23(24)21(22)8-2/h9-10,12,14-16H,7-8,11,13,17H2,1-6H3. The second-order valence-electron chi connectivity index (χ2n) is 7.21. The summed E-state index contributed by atoms with van der Waals surface area (Å²) in [6.45, 7) is 11.2. The van der Waals surface area contributed by atoms with Crippen LogP contribution in [0.2, 0.25) is 0 Å². The molecule has 0 aliphatic heterocycles. The van der Waals surface area contributed by atoms with E-state index in [0.717, 1.165) is 37.9 Å². The Morgan fingerprint density at radius 1 is 0.962 bits per heavy atom. The van der Waals surface area contributed by atoms with Crippen molar-refractivity contribution in [1.29, 1.82) is 0 Å². The van der Waals surface area contributed by atoms with Gasteiger partial charge in [-0.15, -0.1) is 0 Å². The van der Waals surface area contributed by atoms with Crippen LogP contribution in [0.3, 0.4) is 0 Å². The Morgan fingerprint density at radius 3 is 2.27 bits per heavy atom. The zero-order valence-electron chi connectivity index (χ0n) is 17.4. The molecule has 26 heavy (non-hydrogen) atoms. The number of rotatable bonds is 8. The highest BCUT2D eigenvalue weighted by Gasteiger charge is 2.15. The molecule has 1 heteroatoms. The van der Waals surface area contributed by atoms with Gasteiger partial charge in [-0.3, -0.25) is 0 Å². The van der Waals surface area contributed by atoms with E-state index >= 15 is 0 Å². The molecule has 0 aliphatic rings. The van der Waals surface area contributed by atoms with Crippen LogP contribution < -0.4 is 4.74 Å². The number of benzene rings is 2. The van der Waals surface area contributed by atoms with Gasteiger partial charge >= 0.3 is 0 Å². The molecule has 0 radical (unpaired) electrons. The average Bonchev–Trinajstić information content (AvgIpc) is 2.65. The van der Waals surface area contributed by atoms with Crippen molar-refractivity contribution in [3.05, 3.63) is 64.3 Å². The highest BCUT2D eigenvalue weighted by Crippen LogP contribution is 2.36. The summed E-state index contributed by atoms with van der Waals surface area (Å²) < 4.78 is 5.78. The fourth-order valence-electron chi connectivity index (χ4n) is 3.68. The molecule has 2 aromatic carbocycles. The van der Waals surface area contributed by atoms with Crippen molar-refractivity contribution in [2.24, 2.45) is 0 Å². The number of aryl methyl sites for hydroxylation is 1. The summed E-state index contributed by atoms with van der Waals surface area (Å²) in [5.74, 6) is 1.03. The smallest absolute Gasteiger partial charge is 0.129 e. The summed E-state index contributed by atoms with van der Waals surface area (Å²) in [5, 5.41) is 2.56. The zero-order valence-corrected chi connectivity index (χ0v) is 17.4. The van der Waals surface area contributed by atoms with Crippen LogP contribution in [-0.4, -0.2) is 7.11 Å². The van der Waals surface area contributed by atoms with Gasteiger partial charge in [0, 0.05) is 5.39 Å². The number of hydrogen-bond acceptors (Lipinski definition) is 1. The van der Waals surface area contributed by atoms with Crippen LogP contribution in [0.1, 0.15) is 63.6 Å². The van der Waals surface area contributed by atoms with E-state index in [9.17, 15) is 0 Å². The molecule has 0 saturated carbocycles. The molecule has 0 saturated heterocycles. The van der Waals surface area contributed by atoms with E-state index in [1.807, 2.05) is 0 Å². The lowest BCUT2D eigenvalue weighted by Crippen LogP contribution is -2.01. The molecule has 0 aromatic heterocycles. The van der Waals surface area contributed by atoms with Crippen molar-refractivity contribution in [2.45, 2.75) is 66.7 Å². The number of ether oxygens (including phenoxy) is 1. The quantitative estimate of drug-likeness (QED) is 0.452. The van der Waals surface area contributed by atoms with Crippen molar-refractivity contribution in [3.8, 4) is 5.75 Å². The van der Waals surface area contributed by atoms with Gasteiger partial charge in [-0.25, -0.2) is 0 Å². The Bertz CT molecular complexity index is 809. The largest absolute Gasteiger partial charge is 0.496 e. The highest BCUT2D eigenvalue weighted by molar-refractivity contribution is 5.93. The van der Waals surface area contributed by atoms with E-state index < -0.39 is 0 Å². The van der Waals surface area contributed by atoms with E-state index in [1.54, 1.807) is 7.11 Å². The molecule has 1 nitrogen and oxygen atoms in total. The first-order valence-electron chi connectivity index (χ1n) is 9.91. The van der Waals surface area contributed by atoms with E-state index in [-0.39, 0.29) is 0 Å². The summed E-state index contributed by atoms with van der Waals surface area (Å²) in [7, 11) is 1.79. The second kappa shape index (κ2) is 9.62. The van der Waals surface area contributed by atoms with Crippen LogP contribution in [0, 0.1) is 6.92 Å². The summed E-state index contributed by atoms with van der Waals surface area (Å²) in [6, 6.07) is 8.63. The molecule has 2 rings (SSSR count). The molecule has 0 heterocycles. The Morgan fingerprint density at radius 2 is 1.65 bits per heavy atom. The van der Waals surface area contributed by atoms with Gasteiger partial charge in [0.2, 0.25) is 0 Å². The Labute approximate surface area is 159 Å². The van der Waals surface area contributed by atoms with Gasteiger partial charge in [-0.05, 0) is 75.0 Å². The topological polar surface area (TPSA) is 9.23 Å². The lowest BCUT2D eigenvalue weighted by atomic mass is 9.89. The first-order chi connectivity index (χ1) is 12.5. The molecule has 0 N–H and O–H groups in total. The molecule has 140 valence electrons. The van der Waals surface area contributed by atoms with Gasteiger partial charge in [0.15, 0.2) is 0 Å². The third-order valence-corrected chi connectivity index (χ3v) is 5.46. The predicted octanol–water partition coefficient (Wildman–Crippen LogP) is 7.34. The fraction of sp³-hybridized carbons (Fsp3) is 0.440. The van der Waals surface area contributed by atoms with Crippen LogP contribution in [0.5, 0.6) is 5.75 Å². The van der Waals surface area contributed by atoms with Gasteiger partial charge in [0.05, 0.1) is 7.11 Å². The van der Waals surface area contributed by atoms with Crippen molar-refractivity contribution in [1.82, 2.24) is 0 Å². The summed E-state index contributed by atoms with van der Waals surface area (Å²) in [6.07, 6.45) is 10.2. The van der Waals surface area contributed by atoms with Crippen LogP contribution in [0.4, 0.5) is 0 Å². The van der Waals surface area contributed by atoms with Gasteiger partial charge < -0.3 is 4.74 Å². The Balaban J connectivity index is 2.34. The molecule has 0 atom stereocenters. The van der Waals surface area contributed by atoms with Gasteiger partial charge in [-0.1, -0.05) is 61.4 Å². The van der Waals surface area contributed by atoms with Crippen LogP contribution in [-0.2, 0) is 12.8 Å². The number of hydrogen-bond donors (Lipinski definition) is 0. The van der Waals surface area contributed by atoms with Crippen molar-refractivity contribution < 1.29 is 4.74 Å². The van der Waals surface area contributed by atoms with E-state index in [0.29, 0.717) is 0 Å². The minimum Gasteiger partial charge on any atom is -0.496 e. The molecule has 0 fully saturated rings. The first kappa shape index (κ1) is 20.3. The van der Waals surface area contributed by atoms with E-state index in [4.69, 9.17) is 4.74 Å². The van der Waals surface area contributed by atoms with Crippen molar-refractivity contribution in [3.63, 3.8) is 0 Å². The molecule has 0 amide bonds. The third-order valence-electron chi connectivity index (χ3n) is 5.46. The molecule has 0 unspecified atom stereocenters. The molecular weight excluding hydrogens is 316 g/mol. The zero-order chi connectivity index (χ0) is 19.1. The molecular formula is C25H34O. The average molecular weight is 351 g/mol. The maximum Gasteiger partial charge on any atom is 0.129 e. The third kappa shape index (κ3) is 4.58. The normalized spacial score (nSPS) is 12.7. The molecule has 0 aliphatic carbocycles. The number of methoxy groups -OCH3 is 1. The number of allylic oxidation sites excluding steroid dienone is 4. The van der Waals surface area contributed by atoms with Crippen LogP contribution in [0.15, 0.2) is 47.6 Å². The lowest BCUT2D eigenvalue weighted by molar-refractivity contribution is 0.416. The first-order valence-corrected chi connectivity index (χ1v) is 9.91. The minimum absolute atomic E-state index is 0.985. The van der Waals surface area contributed by atoms with Crippen LogP contribution in [0.25, 0.3) is 10.8 Å². The Hall–Kier alpha value is -2.02. The summed E-state index contributed by atoms with van der Waals surface area (Å²) >= 11 is 0. The lowest BCUT2D eigenvalue weighted by Gasteiger charge is -2.18. The van der Waals surface area contributed by atoms with Gasteiger partial charge in [-0.2, -0.15) is 0 Å². The second-order valence-corrected chi connectivity index (χ2v) is 7.21. The van der Waals surface area contributed by atoms with Crippen molar-refractivity contribution in [2.75, 3.05) is 7.11 Å². The number of fused-ring (bicyclic) bond motifs is 1.